The highest BCUT2D eigenvalue weighted by atomic mass is 79.9. The van der Waals surface area contributed by atoms with Gasteiger partial charge in [0.2, 0.25) is 0 Å². The number of anilines is 1. The summed E-state index contributed by atoms with van der Waals surface area (Å²) in [4.78, 5) is 14.5. The molecule has 31 heavy (non-hydrogen) atoms. The summed E-state index contributed by atoms with van der Waals surface area (Å²) in [6, 6.07) is 12.1. The first-order valence-electron chi connectivity index (χ1n) is 10.4. The van der Waals surface area contributed by atoms with Crippen molar-refractivity contribution in [3.63, 3.8) is 0 Å². The molecular weight excluding hydrogens is 454 g/mol. The first-order valence-corrected chi connectivity index (χ1v) is 11.2. The Bertz CT molecular complexity index is 1040. The number of carbonyl (C=O) groups is 1. The number of allylic oxidation sites excluding steroid dienone is 1. The second-order valence-corrected chi connectivity index (χ2v) is 9.63. The number of carbonyl (C=O) groups excluding carboxylic acids is 1. The zero-order valence-corrected chi connectivity index (χ0v) is 20.6. The van der Waals surface area contributed by atoms with Gasteiger partial charge in [-0.1, -0.05) is 28.1 Å². The number of nitrogens with one attached hydrogen (secondary N) is 1. The van der Waals surface area contributed by atoms with Crippen molar-refractivity contribution in [1.82, 2.24) is 5.43 Å². The predicted molar refractivity (Wildman–Crippen MR) is 132 cm³/mol. The van der Waals surface area contributed by atoms with E-state index >= 15 is 0 Å². The Hall–Kier alpha value is -2.60. The van der Waals surface area contributed by atoms with Crippen molar-refractivity contribution in [3.05, 3.63) is 63.6 Å². The number of nitrogens with zero attached hydrogens (tertiary/aromatic N) is 2. The molecule has 0 unspecified atom stereocenters. The number of benzene rings is 2. The molecule has 1 N–H and O–H groups in total. The van der Waals surface area contributed by atoms with E-state index < -0.39 is 0 Å². The van der Waals surface area contributed by atoms with Crippen LogP contribution in [0.2, 0.25) is 0 Å². The Morgan fingerprint density at radius 2 is 2.00 bits per heavy atom. The normalized spacial score (nSPS) is 15.1. The van der Waals surface area contributed by atoms with E-state index in [0.29, 0.717) is 11.8 Å². The van der Waals surface area contributed by atoms with Crippen molar-refractivity contribution in [2.45, 2.75) is 53.1 Å². The molecule has 3 rings (SSSR count). The van der Waals surface area contributed by atoms with Crippen LogP contribution >= 0.6 is 15.9 Å². The van der Waals surface area contributed by atoms with Crippen LogP contribution in [-0.2, 0) is 4.79 Å². The highest BCUT2D eigenvalue weighted by Crippen LogP contribution is 2.41. The van der Waals surface area contributed by atoms with Crippen molar-refractivity contribution in [2.24, 2.45) is 5.10 Å². The number of hydrogen-bond donors (Lipinski definition) is 1. The Labute approximate surface area is 193 Å². The molecule has 0 aliphatic carbocycles. The van der Waals surface area contributed by atoms with E-state index in [-0.39, 0.29) is 18.1 Å². The van der Waals surface area contributed by atoms with Gasteiger partial charge in [-0.2, -0.15) is 5.10 Å². The minimum atomic E-state index is -0.310. The van der Waals surface area contributed by atoms with Crippen LogP contribution in [0, 0.1) is 6.92 Å². The molecule has 164 valence electrons. The summed E-state index contributed by atoms with van der Waals surface area (Å²) in [5.41, 5.74) is 8.27. The molecule has 6 heteroatoms. The summed E-state index contributed by atoms with van der Waals surface area (Å²) >= 11 is 3.38. The Kier molecular flexibility index (Phi) is 6.90. The summed E-state index contributed by atoms with van der Waals surface area (Å²) in [6.45, 7) is 13.0. The van der Waals surface area contributed by atoms with E-state index in [0.717, 1.165) is 15.6 Å². The Morgan fingerprint density at radius 3 is 2.68 bits per heavy atom. The van der Waals surface area contributed by atoms with Gasteiger partial charge >= 0.3 is 0 Å². The smallest absolute Gasteiger partial charge is 0.277 e. The van der Waals surface area contributed by atoms with Crippen LogP contribution in [0.15, 0.2) is 52.0 Å². The quantitative estimate of drug-likeness (QED) is 0.423. The summed E-state index contributed by atoms with van der Waals surface area (Å²) < 4.78 is 6.39. The Balaban J connectivity index is 1.72. The molecule has 0 atom stereocenters. The molecule has 2 aromatic carbocycles. The van der Waals surface area contributed by atoms with Gasteiger partial charge in [-0.3, -0.25) is 4.79 Å². The lowest BCUT2D eigenvalue weighted by Crippen LogP contribution is -2.49. The van der Waals surface area contributed by atoms with Gasteiger partial charge in [0, 0.05) is 21.8 Å². The van der Waals surface area contributed by atoms with Crippen molar-refractivity contribution >= 4 is 39.3 Å². The molecule has 5 nitrogen and oxygen atoms in total. The molecule has 0 saturated heterocycles. The molecule has 1 heterocycles. The molecule has 0 aromatic heterocycles. The number of aryl methyl sites for hydroxylation is 1. The molecule has 2 aromatic rings. The van der Waals surface area contributed by atoms with Crippen LogP contribution in [0.25, 0.3) is 5.57 Å². The second kappa shape index (κ2) is 9.27. The first-order chi connectivity index (χ1) is 14.6. The molecule has 1 aliphatic heterocycles. The highest BCUT2D eigenvalue weighted by molar-refractivity contribution is 9.10. The predicted octanol–water partition coefficient (Wildman–Crippen LogP) is 5.70. The SMILES string of the molecule is CC1=CC(C)(C)N(C(C)C)c2cc(C)c(/C=N/NC(=O)COc3cccc(Br)c3)cc21. The van der Waals surface area contributed by atoms with Gasteiger partial charge in [-0.25, -0.2) is 5.43 Å². The van der Waals surface area contributed by atoms with Gasteiger partial charge in [0.15, 0.2) is 6.61 Å². The van der Waals surface area contributed by atoms with Crippen LogP contribution in [0.5, 0.6) is 5.75 Å². The molecule has 1 aliphatic rings. The standard InChI is InChI=1S/C25H30BrN3O2/c1-16(2)29-23-10-17(3)19(11-22(23)18(4)13-25(29,5)6)14-27-28-24(30)15-31-21-9-7-8-20(26)12-21/h7-14,16H,15H2,1-6H3,(H,28,30)/b27-14+. The number of ether oxygens (including phenoxy) is 1. The maximum atomic E-state index is 12.1. The minimum absolute atomic E-state index is 0.0460. The van der Waals surface area contributed by atoms with Crippen LogP contribution < -0.4 is 15.1 Å². The molecule has 1 amide bonds. The maximum Gasteiger partial charge on any atom is 0.277 e. The molecule has 0 bridgehead atoms. The third-order valence-corrected chi connectivity index (χ3v) is 5.83. The average Bonchev–Trinajstić information content (AvgIpc) is 2.66. The van der Waals surface area contributed by atoms with Crippen molar-refractivity contribution in [3.8, 4) is 5.75 Å². The van der Waals surface area contributed by atoms with Crippen molar-refractivity contribution in [2.75, 3.05) is 11.5 Å². The fourth-order valence-corrected chi connectivity index (χ4v) is 4.58. The number of hydrazone groups is 1. The van der Waals surface area contributed by atoms with Crippen LogP contribution in [-0.4, -0.2) is 30.3 Å². The fourth-order valence-electron chi connectivity index (χ4n) is 4.21. The molecule has 0 saturated carbocycles. The van der Waals surface area contributed by atoms with Gasteiger partial charge in [-0.15, -0.1) is 0 Å². The van der Waals surface area contributed by atoms with Crippen molar-refractivity contribution < 1.29 is 9.53 Å². The number of amides is 1. The van der Waals surface area contributed by atoms with Gasteiger partial charge in [-0.05, 0) is 88.6 Å². The monoisotopic (exact) mass is 483 g/mol. The van der Waals surface area contributed by atoms with Gasteiger partial charge in [0.25, 0.3) is 5.91 Å². The zero-order valence-electron chi connectivity index (χ0n) is 19.0. The van der Waals surface area contributed by atoms with Crippen LogP contribution in [0.3, 0.4) is 0 Å². The third-order valence-electron chi connectivity index (χ3n) is 5.33. The summed E-state index contributed by atoms with van der Waals surface area (Å²) in [5.74, 6) is 0.314. The number of halogens is 1. The van der Waals surface area contributed by atoms with Gasteiger partial charge in [0.05, 0.1) is 11.8 Å². The molecular formula is C25H30BrN3O2. The fraction of sp³-hybridized carbons (Fsp3) is 0.360. The number of fused-ring (bicyclic) bond motifs is 1. The van der Waals surface area contributed by atoms with E-state index in [4.69, 9.17) is 4.74 Å². The first kappa shape index (κ1) is 23.1. The summed E-state index contributed by atoms with van der Waals surface area (Å²) in [7, 11) is 0. The molecule has 0 radical (unpaired) electrons. The van der Waals surface area contributed by atoms with E-state index in [1.54, 1.807) is 12.3 Å². The van der Waals surface area contributed by atoms with Gasteiger partial charge in [0.1, 0.15) is 5.75 Å². The van der Waals surface area contributed by atoms with Gasteiger partial charge < -0.3 is 9.64 Å². The Morgan fingerprint density at radius 1 is 1.26 bits per heavy atom. The topological polar surface area (TPSA) is 53.9 Å². The zero-order chi connectivity index (χ0) is 22.8. The number of hydrogen-bond acceptors (Lipinski definition) is 4. The van der Waals surface area contributed by atoms with E-state index in [1.807, 2.05) is 18.2 Å². The summed E-state index contributed by atoms with van der Waals surface area (Å²) in [6.07, 6.45) is 4.01. The van der Waals surface area contributed by atoms with Crippen LogP contribution in [0.4, 0.5) is 5.69 Å². The minimum Gasteiger partial charge on any atom is -0.484 e. The van der Waals surface area contributed by atoms with E-state index in [9.17, 15) is 4.79 Å². The number of rotatable bonds is 6. The third kappa shape index (κ3) is 5.37. The second-order valence-electron chi connectivity index (χ2n) is 8.71. The highest BCUT2D eigenvalue weighted by Gasteiger charge is 2.33. The lowest BCUT2D eigenvalue weighted by molar-refractivity contribution is -0.123. The average molecular weight is 484 g/mol. The van der Waals surface area contributed by atoms with Crippen LogP contribution in [0.1, 0.15) is 51.3 Å². The van der Waals surface area contributed by atoms with E-state index in [2.05, 4.69) is 91.1 Å². The van der Waals surface area contributed by atoms with E-state index in [1.165, 1.54) is 16.8 Å². The maximum absolute atomic E-state index is 12.1. The largest absolute Gasteiger partial charge is 0.484 e. The lowest BCUT2D eigenvalue weighted by Gasteiger charge is -2.46. The summed E-state index contributed by atoms with van der Waals surface area (Å²) in [5, 5.41) is 4.14. The lowest BCUT2D eigenvalue weighted by atomic mass is 9.86. The van der Waals surface area contributed by atoms with Crippen molar-refractivity contribution in [1.29, 1.82) is 0 Å². The molecule has 0 spiro atoms. The molecule has 0 fully saturated rings.